The standard InChI is InChI=1S/C15H12F2INO2/c1-8(9-2-4-10(18)5-3-9)19-14-6-11(15(20)21)12(16)7-13(14)17/h2-8,19H,1H3,(H,20,21). The molecule has 2 rings (SSSR count). The SMILES string of the molecule is CC(Nc1cc(C(=O)O)c(F)cc1F)c1ccc(I)cc1. The Morgan fingerprint density at radius 1 is 1.19 bits per heavy atom. The molecule has 0 aliphatic heterocycles. The van der Waals surface area contributed by atoms with E-state index in [4.69, 9.17) is 5.11 Å². The third-order valence-corrected chi connectivity index (χ3v) is 3.75. The highest BCUT2D eigenvalue weighted by atomic mass is 127. The summed E-state index contributed by atoms with van der Waals surface area (Å²) in [4.78, 5) is 10.9. The number of hydrogen-bond donors (Lipinski definition) is 2. The van der Waals surface area contributed by atoms with Gasteiger partial charge in [0.1, 0.15) is 11.6 Å². The zero-order valence-corrected chi connectivity index (χ0v) is 13.2. The Hall–Kier alpha value is -1.70. The number of nitrogens with one attached hydrogen (secondary N) is 1. The molecule has 0 aromatic heterocycles. The Kier molecular flexibility index (Phi) is 4.76. The number of aromatic carboxylic acids is 1. The molecule has 6 heteroatoms. The van der Waals surface area contributed by atoms with Gasteiger partial charge in [-0.3, -0.25) is 0 Å². The molecule has 0 aliphatic carbocycles. The van der Waals surface area contributed by atoms with E-state index in [1.54, 1.807) is 0 Å². The number of anilines is 1. The largest absolute Gasteiger partial charge is 0.478 e. The summed E-state index contributed by atoms with van der Waals surface area (Å²) in [5, 5.41) is 11.7. The van der Waals surface area contributed by atoms with E-state index in [-0.39, 0.29) is 11.7 Å². The lowest BCUT2D eigenvalue weighted by atomic mass is 10.1. The summed E-state index contributed by atoms with van der Waals surface area (Å²) in [6.07, 6.45) is 0. The van der Waals surface area contributed by atoms with Crippen LogP contribution >= 0.6 is 22.6 Å². The summed E-state index contributed by atoms with van der Waals surface area (Å²) in [6, 6.07) is 8.90. The van der Waals surface area contributed by atoms with Crippen LogP contribution < -0.4 is 5.32 Å². The maximum atomic E-state index is 13.7. The molecule has 1 atom stereocenters. The number of carbonyl (C=O) groups is 1. The first-order chi connectivity index (χ1) is 9.88. The number of halogens is 3. The molecule has 110 valence electrons. The number of carboxylic acid groups (broad SMARTS) is 1. The number of benzene rings is 2. The van der Waals surface area contributed by atoms with Crippen molar-refractivity contribution in [1.29, 1.82) is 0 Å². The first-order valence-corrected chi connectivity index (χ1v) is 7.20. The van der Waals surface area contributed by atoms with Crippen molar-refractivity contribution in [3.63, 3.8) is 0 Å². The minimum Gasteiger partial charge on any atom is -0.478 e. The van der Waals surface area contributed by atoms with Gasteiger partial charge in [0.2, 0.25) is 0 Å². The van der Waals surface area contributed by atoms with Gasteiger partial charge in [-0.25, -0.2) is 13.6 Å². The lowest BCUT2D eigenvalue weighted by Crippen LogP contribution is -2.10. The maximum Gasteiger partial charge on any atom is 0.338 e. The fourth-order valence-corrected chi connectivity index (χ4v) is 2.25. The minimum atomic E-state index is -1.43. The summed E-state index contributed by atoms with van der Waals surface area (Å²) >= 11 is 2.18. The van der Waals surface area contributed by atoms with Crippen LogP contribution in [0, 0.1) is 15.2 Å². The van der Waals surface area contributed by atoms with Crippen molar-refractivity contribution < 1.29 is 18.7 Å². The third-order valence-electron chi connectivity index (χ3n) is 3.03. The molecule has 0 saturated heterocycles. The highest BCUT2D eigenvalue weighted by Gasteiger charge is 2.16. The van der Waals surface area contributed by atoms with Gasteiger partial charge in [-0.05, 0) is 53.3 Å². The summed E-state index contributed by atoms with van der Waals surface area (Å²) in [6.45, 7) is 1.81. The molecule has 2 N–H and O–H groups in total. The molecule has 0 aliphatic rings. The number of hydrogen-bond acceptors (Lipinski definition) is 2. The van der Waals surface area contributed by atoms with Crippen molar-refractivity contribution >= 4 is 34.2 Å². The molecule has 3 nitrogen and oxygen atoms in total. The highest BCUT2D eigenvalue weighted by molar-refractivity contribution is 14.1. The van der Waals surface area contributed by atoms with Crippen molar-refractivity contribution in [2.45, 2.75) is 13.0 Å². The van der Waals surface area contributed by atoms with E-state index >= 15 is 0 Å². The van der Waals surface area contributed by atoms with Crippen molar-refractivity contribution in [3.05, 3.63) is 62.7 Å². The summed E-state index contributed by atoms with van der Waals surface area (Å²) in [5.74, 6) is -3.35. The summed E-state index contributed by atoms with van der Waals surface area (Å²) < 4.78 is 28.1. The van der Waals surface area contributed by atoms with Gasteiger partial charge in [-0.1, -0.05) is 12.1 Å². The van der Waals surface area contributed by atoms with Gasteiger partial charge in [0.05, 0.1) is 11.3 Å². The average molecular weight is 403 g/mol. The van der Waals surface area contributed by atoms with E-state index in [2.05, 4.69) is 27.9 Å². The van der Waals surface area contributed by atoms with Crippen LogP contribution in [0.3, 0.4) is 0 Å². The van der Waals surface area contributed by atoms with E-state index in [9.17, 15) is 13.6 Å². The molecule has 2 aromatic rings. The molecule has 1 unspecified atom stereocenters. The molecule has 21 heavy (non-hydrogen) atoms. The molecule has 0 radical (unpaired) electrons. The topological polar surface area (TPSA) is 49.3 Å². The zero-order valence-electron chi connectivity index (χ0n) is 11.0. The van der Waals surface area contributed by atoms with E-state index in [1.807, 2.05) is 31.2 Å². The lowest BCUT2D eigenvalue weighted by molar-refractivity contribution is 0.0692. The highest BCUT2D eigenvalue weighted by Crippen LogP contribution is 2.25. The monoisotopic (exact) mass is 403 g/mol. The van der Waals surface area contributed by atoms with Crippen LogP contribution in [-0.2, 0) is 0 Å². The second-order valence-electron chi connectivity index (χ2n) is 4.53. The first kappa shape index (κ1) is 15.7. The third kappa shape index (κ3) is 3.69. The quantitative estimate of drug-likeness (QED) is 0.743. The van der Waals surface area contributed by atoms with E-state index < -0.39 is 23.2 Å². The van der Waals surface area contributed by atoms with Gasteiger partial charge < -0.3 is 10.4 Å². The smallest absolute Gasteiger partial charge is 0.338 e. The molecule has 0 saturated carbocycles. The van der Waals surface area contributed by atoms with Crippen LogP contribution in [0.25, 0.3) is 0 Å². The van der Waals surface area contributed by atoms with Gasteiger partial charge in [0.25, 0.3) is 0 Å². The van der Waals surface area contributed by atoms with E-state index in [0.717, 1.165) is 15.2 Å². The lowest BCUT2D eigenvalue weighted by Gasteiger charge is -2.17. The van der Waals surface area contributed by atoms with Gasteiger partial charge in [-0.2, -0.15) is 0 Å². The predicted molar refractivity (Wildman–Crippen MR) is 84.5 cm³/mol. The molecule has 0 spiro atoms. The first-order valence-electron chi connectivity index (χ1n) is 6.13. The van der Waals surface area contributed by atoms with Crippen LogP contribution in [0.5, 0.6) is 0 Å². The van der Waals surface area contributed by atoms with E-state index in [1.165, 1.54) is 0 Å². The summed E-state index contributed by atoms with van der Waals surface area (Å²) in [5.41, 5.74) is 0.310. The maximum absolute atomic E-state index is 13.7. The minimum absolute atomic E-state index is 0.0418. The average Bonchev–Trinajstić information content (AvgIpc) is 2.42. The molecule has 0 amide bonds. The zero-order chi connectivity index (χ0) is 15.6. The van der Waals surface area contributed by atoms with E-state index in [0.29, 0.717) is 6.07 Å². The van der Waals surface area contributed by atoms with Crippen LogP contribution in [0.4, 0.5) is 14.5 Å². The second-order valence-corrected chi connectivity index (χ2v) is 5.78. The number of carboxylic acids is 1. The van der Waals surface area contributed by atoms with Crippen LogP contribution in [0.1, 0.15) is 28.9 Å². The van der Waals surface area contributed by atoms with Crippen molar-refractivity contribution in [3.8, 4) is 0 Å². The fourth-order valence-electron chi connectivity index (χ4n) is 1.89. The predicted octanol–water partition coefficient (Wildman–Crippen LogP) is 4.44. The van der Waals surface area contributed by atoms with Gasteiger partial charge >= 0.3 is 5.97 Å². The molecule has 0 fully saturated rings. The van der Waals surface area contributed by atoms with Crippen LogP contribution in [-0.4, -0.2) is 11.1 Å². The van der Waals surface area contributed by atoms with Gasteiger partial charge in [-0.15, -0.1) is 0 Å². The van der Waals surface area contributed by atoms with Crippen molar-refractivity contribution in [1.82, 2.24) is 0 Å². The Balaban J connectivity index is 2.28. The van der Waals surface area contributed by atoms with Crippen molar-refractivity contribution in [2.75, 3.05) is 5.32 Å². The van der Waals surface area contributed by atoms with Crippen molar-refractivity contribution in [2.24, 2.45) is 0 Å². The molecule has 0 heterocycles. The van der Waals surface area contributed by atoms with Gasteiger partial charge in [0.15, 0.2) is 0 Å². The number of rotatable bonds is 4. The Morgan fingerprint density at radius 2 is 1.81 bits per heavy atom. The molecular formula is C15H12F2INO2. The Labute approximate surface area is 134 Å². The van der Waals surface area contributed by atoms with Crippen LogP contribution in [0.15, 0.2) is 36.4 Å². The van der Waals surface area contributed by atoms with Gasteiger partial charge in [0, 0.05) is 15.7 Å². The summed E-state index contributed by atoms with van der Waals surface area (Å²) in [7, 11) is 0. The van der Waals surface area contributed by atoms with Crippen LogP contribution in [0.2, 0.25) is 0 Å². The fraction of sp³-hybridized carbons (Fsp3) is 0.133. The molecule has 2 aromatic carbocycles. The molecule has 0 bridgehead atoms. The normalized spacial score (nSPS) is 12.0. The second kappa shape index (κ2) is 6.38. The Morgan fingerprint density at radius 3 is 2.38 bits per heavy atom. The molecular weight excluding hydrogens is 391 g/mol. The Bertz CT molecular complexity index is 674.